The van der Waals surface area contributed by atoms with Crippen LogP contribution >= 0.6 is 0 Å². The topological polar surface area (TPSA) is 75.3 Å². The molecule has 0 heterocycles. The summed E-state index contributed by atoms with van der Waals surface area (Å²) in [7, 11) is -1.54. The molecule has 0 fully saturated rings. The minimum absolute atomic E-state index is 0.0409. The third-order valence-corrected chi connectivity index (χ3v) is 5.79. The highest BCUT2D eigenvalue weighted by Crippen LogP contribution is 2.29. The number of nitrogens with one attached hydrogen (secondary N) is 2. The zero-order valence-electron chi connectivity index (χ0n) is 15.4. The summed E-state index contributed by atoms with van der Waals surface area (Å²) in [4.78, 5) is 24.3. The second kappa shape index (κ2) is 8.95. The molecule has 0 aromatic heterocycles. The molecule has 6 heteroatoms. The van der Waals surface area contributed by atoms with Crippen LogP contribution in [0.25, 0.3) is 0 Å². The number of rotatable bonds is 6. The van der Waals surface area contributed by atoms with Crippen molar-refractivity contribution in [1.82, 2.24) is 5.32 Å². The van der Waals surface area contributed by atoms with E-state index in [1.54, 1.807) is 12.1 Å². The van der Waals surface area contributed by atoms with Gasteiger partial charge in [-0.3, -0.25) is 13.8 Å². The number of hydrogen-bond donors (Lipinski definition) is 2. The zero-order chi connectivity index (χ0) is 19.2. The first-order valence-electron chi connectivity index (χ1n) is 9.10. The fourth-order valence-corrected chi connectivity index (χ4v) is 4.16. The van der Waals surface area contributed by atoms with Crippen LogP contribution < -0.4 is 10.6 Å². The highest BCUT2D eigenvalue weighted by molar-refractivity contribution is 7.86. The van der Waals surface area contributed by atoms with E-state index < -0.39 is 10.8 Å². The van der Waals surface area contributed by atoms with E-state index in [9.17, 15) is 13.8 Å². The molecule has 0 saturated carbocycles. The highest BCUT2D eigenvalue weighted by atomic mass is 32.2. The maximum atomic E-state index is 12.3. The number of aryl methyl sites for hydroxylation is 2. The number of carbonyl (C=O) groups is 2. The van der Waals surface area contributed by atoms with E-state index in [4.69, 9.17) is 0 Å². The van der Waals surface area contributed by atoms with Crippen molar-refractivity contribution in [3.8, 4) is 0 Å². The van der Waals surface area contributed by atoms with E-state index >= 15 is 0 Å². The summed E-state index contributed by atoms with van der Waals surface area (Å²) in [5.74, 6) is -0.992. The molecule has 5 nitrogen and oxygen atoms in total. The molecule has 0 bridgehead atoms. The maximum absolute atomic E-state index is 12.3. The van der Waals surface area contributed by atoms with E-state index in [0.717, 1.165) is 30.4 Å². The monoisotopic (exact) mass is 384 g/mol. The quantitative estimate of drug-likeness (QED) is 0.804. The van der Waals surface area contributed by atoms with Crippen LogP contribution in [0.2, 0.25) is 0 Å². The van der Waals surface area contributed by atoms with Crippen molar-refractivity contribution in [1.29, 1.82) is 0 Å². The molecule has 0 spiro atoms. The Morgan fingerprint density at radius 1 is 1.04 bits per heavy atom. The molecule has 0 radical (unpaired) electrons. The predicted molar refractivity (Wildman–Crippen MR) is 108 cm³/mol. The molecule has 2 aromatic rings. The van der Waals surface area contributed by atoms with Crippen molar-refractivity contribution in [3.05, 3.63) is 65.2 Å². The Morgan fingerprint density at radius 2 is 1.74 bits per heavy atom. The first-order valence-corrected chi connectivity index (χ1v) is 10.6. The van der Waals surface area contributed by atoms with Gasteiger partial charge in [0.25, 0.3) is 0 Å². The molecular weight excluding hydrogens is 360 g/mol. The van der Waals surface area contributed by atoms with Crippen LogP contribution in [-0.2, 0) is 26.8 Å². The summed E-state index contributed by atoms with van der Waals surface area (Å²) in [5.41, 5.74) is 4.15. The Kier molecular flexibility index (Phi) is 6.40. The van der Waals surface area contributed by atoms with Gasteiger partial charge in [0.05, 0.1) is 6.04 Å². The average molecular weight is 385 g/mol. The van der Waals surface area contributed by atoms with Crippen molar-refractivity contribution in [2.45, 2.75) is 32.2 Å². The van der Waals surface area contributed by atoms with Crippen molar-refractivity contribution in [3.63, 3.8) is 0 Å². The van der Waals surface area contributed by atoms with Crippen LogP contribution in [0.1, 0.15) is 35.6 Å². The molecule has 2 unspecified atom stereocenters. The second-order valence-electron chi connectivity index (χ2n) is 6.85. The molecule has 1 aliphatic rings. The van der Waals surface area contributed by atoms with Gasteiger partial charge in [0.2, 0.25) is 11.8 Å². The fourth-order valence-electron chi connectivity index (χ4n) is 3.32. The molecule has 2 N–H and O–H groups in total. The lowest BCUT2D eigenvalue weighted by Crippen LogP contribution is -2.35. The molecule has 27 heavy (non-hydrogen) atoms. The smallest absolute Gasteiger partial charge is 0.237 e. The fraction of sp³-hybridized carbons (Fsp3) is 0.333. The number of fused-ring (bicyclic) bond motifs is 1. The molecule has 2 aromatic carbocycles. The van der Waals surface area contributed by atoms with E-state index in [1.807, 2.05) is 37.3 Å². The van der Waals surface area contributed by atoms with Crippen LogP contribution in [-0.4, -0.2) is 27.5 Å². The van der Waals surface area contributed by atoms with Crippen molar-refractivity contribution < 1.29 is 13.8 Å². The largest absolute Gasteiger partial charge is 0.348 e. The van der Waals surface area contributed by atoms with Gasteiger partial charge in [0, 0.05) is 16.5 Å². The van der Waals surface area contributed by atoms with Gasteiger partial charge in [-0.2, -0.15) is 0 Å². The van der Waals surface area contributed by atoms with Crippen LogP contribution in [0.15, 0.2) is 48.5 Å². The van der Waals surface area contributed by atoms with E-state index in [2.05, 4.69) is 16.7 Å². The molecular formula is C21H24N2O3S. The van der Waals surface area contributed by atoms with E-state index in [1.165, 1.54) is 5.56 Å². The normalized spacial score (nSPS) is 16.9. The van der Waals surface area contributed by atoms with Crippen LogP contribution in [0.3, 0.4) is 0 Å². The van der Waals surface area contributed by atoms with Crippen LogP contribution in [0.5, 0.6) is 0 Å². The van der Waals surface area contributed by atoms with Gasteiger partial charge in [-0.15, -0.1) is 0 Å². The Balaban J connectivity index is 1.49. The minimum atomic E-state index is -1.54. The molecule has 3 rings (SSSR count). The highest BCUT2D eigenvalue weighted by Gasteiger charge is 2.22. The van der Waals surface area contributed by atoms with Gasteiger partial charge in [0.1, 0.15) is 11.5 Å². The molecule has 2 amide bonds. The van der Waals surface area contributed by atoms with E-state index in [0.29, 0.717) is 5.69 Å². The number of anilines is 1. The van der Waals surface area contributed by atoms with Gasteiger partial charge in [-0.05, 0) is 49.4 Å². The van der Waals surface area contributed by atoms with E-state index in [-0.39, 0.29) is 29.4 Å². The lowest BCUT2D eigenvalue weighted by atomic mass is 9.88. The summed E-state index contributed by atoms with van der Waals surface area (Å²) in [6.07, 6.45) is 2.92. The van der Waals surface area contributed by atoms with Crippen LogP contribution in [0, 0.1) is 6.92 Å². The zero-order valence-corrected chi connectivity index (χ0v) is 16.2. The Morgan fingerprint density at radius 3 is 2.52 bits per heavy atom. The Bertz CT molecular complexity index is 849. The minimum Gasteiger partial charge on any atom is -0.348 e. The molecule has 2 atom stereocenters. The van der Waals surface area contributed by atoms with Gasteiger partial charge in [-0.25, -0.2) is 0 Å². The standard InChI is InChI=1S/C21H24N2O3S/c1-15-9-11-17(12-10-15)22-20(24)13-27(26)14-21(25)23-19-8-4-6-16-5-2-3-7-18(16)19/h2-3,5,7,9-12,19H,4,6,8,13-14H2,1H3,(H,22,24)(H,23,25). The molecule has 0 aliphatic heterocycles. The molecule has 142 valence electrons. The van der Waals surface area contributed by atoms with Crippen molar-refractivity contribution in [2.75, 3.05) is 16.8 Å². The lowest BCUT2D eigenvalue weighted by Gasteiger charge is -2.26. The van der Waals surface area contributed by atoms with Crippen LogP contribution in [0.4, 0.5) is 5.69 Å². The number of amides is 2. The summed E-state index contributed by atoms with van der Waals surface area (Å²) >= 11 is 0. The van der Waals surface area contributed by atoms with Gasteiger partial charge < -0.3 is 10.6 Å². The third kappa shape index (κ3) is 5.50. The van der Waals surface area contributed by atoms with Gasteiger partial charge in [-0.1, -0.05) is 42.0 Å². The lowest BCUT2D eigenvalue weighted by molar-refractivity contribution is -0.119. The SMILES string of the molecule is Cc1ccc(NC(=O)CS(=O)CC(=O)NC2CCCc3ccccc32)cc1. The summed E-state index contributed by atoms with van der Waals surface area (Å²) < 4.78 is 12.2. The molecule has 0 saturated heterocycles. The summed E-state index contributed by atoms with van der Waals surface area (Å²) in [6, 6.07) is 15.4. The Hall–Kier alpha value is -2.47. The first-order chi connectivity index (χ1) is 13.0. The van der Waals surface area contributed by atoms with Crippen molar-refractivity contribution in [2.24, 2.45) is 0 Å². The second-order valence-corrected chi connectivity index (χ2v) is 8.31. The summed E-state index contributed by atoms with van der Waals surface area (Å²) in [5, 5.41) is 5.68. The summed E-state index contributed by atoms with van der Waals surface area (Å²) in [6.45, 7) is 1.96. The molecule has 1 aliphatic carbocycles. The maximum Gasteiger partial charge on any atom is 0.237 e. The first kappa shape index (κ1) is 19.3. The van der Waals surface area contributed by atoms with Gasteiger partial charge in [0.15, 0.2) is 0 Å². The number of hydrogen-bond acceptors (Lipinski definition) is 3. The van der Waals surface area contributed by atoms with Crippen molar-refractivity contribution >= 4 is 28.3 Å². The Labute approximate surface area is 162 Å². The number of benzene rings is 2. The predicted octanol–water partition coefficient (Wildman–Crippen LogP) is 2.88. The average Bonchev–Trinajstić information content (AvgIpc) is 2.63. The number of carbonyl (C=O) groups excluding carboxylic acids is 2. The third-order valence-electron chi connectivity index (χ3n) is 4.62. The van der Waals surface area contributed by atoms with Gasteiger partial charge >= 0.3 is 0 Å².